The summed E-state index contributed by atoms with van der Waals surface area (Å²) in [5.74, 6) is 0.0200. The van der Waals surface area contributed by atoms with E-state index in [1.165, 1.54) is 0 Å². The highest BCUT2D eigenvalue weighted by Crippen LogP contribution is 2.11. The van der Waals surface area contributed by atoms with Crippen molar-refractivity contribution in [2.24, 2.45) is 0 Å². The summed E-state index contributed by atoms with van der Waals surface area (Å²) in [7, 11) is 0. The maximum atomic E-state index is 12.3. The smallest absolute Gasteiger partial charge is 0.314 e. The third-order valence-corrected chi connectivity index (χ3v) is 3.37. The molecule has 0 heterocycles. The van der Waals surface area contributed by atoms with Gasteiger partial charge in [-0.2, -0.15) is 0 Å². The number of amides is 2. The van der Waals surface area contributed by atoms with E-state index in [-0.39, 0.29) is 17.9 Å². The van der Waals surface area contributed by atoms with Crippen molar-refractivity contribution in [2.75, 3.05) is 6.54 Å². The van der Waals surface area contributed by atoms with Crippen molar-refractivity contribution >= 4 is 11.8 Å². The topological polar surface area (TPSA) is 58.2 Å². The molecule has 2 rings (SSSR count). The van der Waals surface area contributed by atoms with Crippen molar-refractivity contribution in [3.8, 4) is 0 Å². The second-order valence-electron chi connectivity index (χ2n) is 5.70. The van der Waals surface area contributed by atoms with E-state index in [4.69, 9.17) is 0 Å². The van der Waals surface area contributed by atoms with Crippen molar-refractivity contribution in [2.45, 2.75) is 26.3 Å². The minimum atomic E-state index is -0.157. The Hall–Kier alpha value is -2.62. The predicted octanol–water partition coefficient (Wildman–Crippen LogP) is 3.17. The lowest BCUT2D eigenvalue weighted by atomic mass is 10.0. The Bertz CT molecular complexity index is 649. The van der Waals surface area contributed by atoms with Crippen LogP contribution in [0.2, 0.25) is 0 Å². The summed E-state index contributed by atoms with van der Waals surface area (Å²) in [6.07, 6.45) is 0.728. The average molecular weight is 310 g/mol. The van der Waals surface area contributed by atoms with E-state index in [1.807, 2.05) is 68.4 Å². The van der Waals surface area contributed by atoms with Crippen LogP contribution in [0.25, 0.3) is 0 Å². The second-order valence-corrected chi connectivity index (χ2v) is 5.70. The van der Waals surface area contributed by atoms with E-state index in [0.29, 0.717) is 17.7 Å². The third kappa shape index (κ3) is 5.25. The van der Waals surface area contributed by atoms with Crippen LogP contribution in [-0.2, 0) is 6.42 Å². The first-order valence-electron chi connectivity index (χ1n) is 7.79. The van der Waals surface area contributed by atoms with Crippen LogP contribution in [0.1, 0.15) is 35.3 Å². The summed E-state index contributed by atoms with van der Waals surface area (Å²) in [6, 6.07) is 16.7. The molecular formula is C19H22N2O2. The number of carbonyl (C=O) groups is 2. The van der Waals surface area contributed by atoms with E-state index in [0.717, 1.165) is 12.0 Å². The summed E-state index contributed by atoms with van der Waals surface area (Å²) in [6.45, 7) is 4.40. The van der Waals surface area contributed by atoms with Crippen LogP contribution in [-0.4, -0.2) is 24.4 Å². The number of nitrogens with one attached hydrogen (secondary N) is 2. The van der Waals surface area contributed by atoms with Crippen LogP contribution in [0, 0.1) is 0 Å². The van der Waals surface area contributed by atoms with Gasteiger partial charge in [0.2, 0.25) is 0 Å². The van der Waals surface area contributed by atoms with Crippen molar-refractivity contribution in [3.05, 3.63) is 71.3 Å². The molecule has 2 N–H and O–H groups in total. The SMILES string of the molecule is CC(C)NC(=O)NCCc1ccc(C(=O)c2ccccc2)cc1. The highest BCUT2D eigenvalue weighted by atomic mass is 16.2. The number of carbonyl (C=O) groups excluding carboxylic acids is 2. The van der Waals surface area contributed by atoms with Gasteiger partial charge in [0.25, 0.3) is 0 Å². The average Bonchev–Trinajstić information content (AvgIpc) is 2.55. The maximum absolute atomic E-state index is 12.3. The van der Waals surface area contributed by atoms with Crippen LogP contribution < -0.4 is 10.6 Å². The zero-order valence-electron chi connectivity index (χ0n) is 13.5. The first-order valence-corrected chi connectivity index (χ1v) is 7.79. The summed E-state index contributed by atoms with van der Waals surface area (Å²) in [4.78, 5) is 23.8. The molecule has 4 heteroatoms. The van der Waals surface area contributed by atoms with E-state index in [9.17, 15) is 9.59 Å². The predicted molar refractivity (Wildman–Crippen MR) is 91.7 cm³/mol. The molecule has 0 aliphatic carbocycles. The van der Waals surface area contributed by atoms with Crippen LogP contribution in [0.3, 0.4) is 0 Å². The van der Waals surface area contributed by atoms with Crippen LogP contribution in [0.5, 0.6) is 0 Å². The molecule has 2 aromatic rings. The van der Waals surface area contributed by atoms with Gasteiger partial charge in [0.15, 0.2) is 5.78 Å². The largest absolute Gasteiger partial charge is 0.338 e. The van der Waals surface area contributed by atoms with Crippen molar-refractivity contribution in [1.82, 2.24) is 10.6 Å². The van der Waals surface area contributed by atoms with Gasteiger partial charge < -0.3 is 10.6 Å². The standard InChI is InChI=1S/C19H22N2O2/c1-14(2)21-19(23)20-13-12-15-8-10-17(11-9-15)18(22)16-6-4-3-5-7-16/h3-11,14H,12-13H2,1-2H3,(H2,20,21,23). The molecule has 120 valence electrons. The zero-order valence-corrected chi connectivity index (χ0v) is 13.5. The molecule has 0 unspecified atom stereocenters. The Kier molecular flexibility index (Phi) is 5.92. The lowest BCUT2D eigenvalue weighted by molar-refractivity contribution is 0.103. The zero-order chi connectivity index (χ0) is 16.7. The fourth-order valence-electron chi connectivity index (χ4n) is 2.21. The third-order valence-electron chi connectivity index (χ3n) is 3.37. The van der Waals surface area contributed by atoms with Gasteiger partial charge in [0.05, 0.1) is 0 Å². The van der Waals surface area contributed by atoms with Gasteiger partial charge in [-0.05, 0) is 25.8 Å². The van der Waals surface area contributed by atoms with E-state index in [2.05, 4.69) is 10.6 Å². The normalized spacial score (nSPS) is 10.4. The Morgan fingerprint density at radius 1 is 0.913 bits per heavy atom. The van der Waals surface area contributed by atoms with Gasteiger partial charge in [-0.1, -0.05) is 54.6 Å². The summed E-state index contributed by atoms with van der Waals surface area (Å²) in [5, 5.41) is 5.59. The molecule has 0 saturated heterocycles. The summed E-state index contributed by atoms with van der Waals surface area (Å²) < 4.78 is 0. The quantitative estimate of drug-likeness (QED) is 0.805. The molecule has 0 fully saturated rings. The van der Waals surface area contributed by atoms with Gasteiger partial charge in [0.1, 0.15) is 0 Å². The van der Waals surface area contributed by atoms with Gasteiger partial charge in [-0.15, -0.1) is 0 Å². The molecule has 0 saturated carbocycles. The minimum absolute atomic E-state index is 0.0200. The van der Waals surface area contributed by atoms with Crippen molar-refractivity contribution < 1.29 is 9.59 Å². The molecule has 23 heavy (non-hydrogen) atoms. The lowest BCUT2D eigenvalue weighted by Gasteiger charge is -2.10. The lowest BCUT2D eigenvalue weighted by Crippen LogP contribution is -2.40. The first kappa shape index (κ1) is 16.7. The maximum Gasteiger partial charge on any atom is 0.314 e. The van der Waals surface area contributed by atoms with Crippen molar-refractivity contribution in [3.63, 3.8) is 0 Å². The molecule has 0 bridgehead atoms. The van der Waals surface area contributed by atoms with Gasteiger partial charge >= 0.3 is 6.03 Å². The fraction of sp³-hybridized carbons (Fsp3) is 0.263. The second kappa shape index (κ2) is 8.13. The van der Waals surface area contributed by atoms with E-state index in [1.54, 1.807) is 0 Å². The van der Waals surface area contributed by atoms with Crippen molar-refractivity contribution in [1.29, 1.82) is 0 Å². The molecule has 2 amide bonds. The number of hydrogen-bond donors (Lipinski definition) is 2. The number of hydrogen-bond acceptors (Lipinski definition) is 2. The number of rotatable bonds is 6. The van der Waals surface area contributed by atoms with Crippen LogP contribution in [0.4, 0.5) is 4.79 Å². The Balaban J connectivity index is 1.87. The summed E-state index contributed by atoms with van der Waals surface area (Å²) >= 11 is 0. The molecule has 0 radical (unpaired) electrons. The number of ketones is 1. The highest BCUT2D eigenvalue weighted by molar-refractivity contribution is 6.08. The minimum Gasteiger partial charge on any atom is -0.338 e. The van der Waals surface area contributed by atoms with Gasteiger partial charge in [-0.3, -0.25) is 4.79 Å². The van der Waals surface area contributed by atoms with Crippen LogP contribution >= 0.6 is 0 Å². The molecule has 4 nitrogen and oxygen atoms in total. The van der Waals surface area contributed by atoms with Crippen LogP contribution in [0.15, 0.2) is 54.6 Å². The Morgan fingerprint density at radius 2 is 1.52 bits per heavy atom. The molecule has 0 aromatic heterocycles. The first-order chi connectivity index (χ1) is 11.1. The summed E-state index contributed by atoms with van der Waals surface area (Å²) in [5.41, 5.74) is 2.44. The molecule has 0 spiro atoms. The molecule has 2 aromatic carbocycles. The molecule has 0 aliphatic heterocycles. The molecular weight excluding hydrogens is 288 g/mol. The Morgan fingerprint density at radius 3 is 2.13 bits per heavy atom. The number of urea groups is 1. The van der Waals surface area contributed by atoms with E-state index >= 15 is 0 Å². The molecule has 0 aliphatic rings. The van der Waals surface area contributed by atoms with Gasteiger partial charge in [-0.25, -0.2) is 4.79 Å². The fourth-order valence-corrected chi connectivity index (χ4v) is 2.21. The Labute approximate surface area is 136 Å². The number of benzene rings is 2. The van der Waals surface area contributed by atoms with E-state index < -0.39 is 0 Å². The molecule has 0 atom stereocenters. The monoisotopic (exact) mass is 310 g/mol. The highest BCUT2D eigenvalue weighted by Gasteiger charge is 2.08. The van der Waals surface area contributed by atoms with Gasteiger partial charge in [0, 0.05) is 23.7 Å².